The summed E-state index contributed by atoms with van der Waals surface area (Å²) >= 11 is 0. The van der Waals surface area contributed by atoms with E-state index in [0.717, 1.165) is 45.3 Å². The second kappa shape index (κ2) is 9.64. The van der Waals surface area contributed by atoms with Gasteiger partial charge in [0.05, 0.1) is 0 Å². The predicted octanol–water partition coefficient (Wildman–Crippen LogP) is 3.21. The largest absolute Gasteiger partial charge is 0.335 e. The van der Waals surface area contributed by atoms with Crippen molar-refractivity contribution >= 4 is 17.6 Å². The smallest absolute Gasteiger partial charge is 0.274 e. The highest BCUT2D eigenvalue weighted by Gasteiger charge is 2.26. The molecule has 7 nitrogen and oxygen atoms in total. The highest BCUT2D eigenvalue weighted by Crippen LogP contribution is 2.25. The van der Waals surface area contributed by atoms with Gasteiger partial charge in [-0.3, -0.25) is 19.2 Å². The molecular formula is C24H33N5O2. The van der Waals surface area contributed by atoms with Crippen LogP contribution in [0.5, 0.6) is 0 Å². The highest BCUT2D eigenvalue weighted by atomic mass is 16.2. The van der Waals surface area contributed by atoms with E-state index in [2.05, 4.69) is 46.5 Å². The summed E-state index contributed by atoms with van der Waals surface area (Å²) < 4.78 is 1.60. The number of amides is 2. The number of aromatic nitrogens is 2. The Morgan fingerprint density at radius 2 is 1.81 bits per heavy atom. The average molecular weight is 424 g/mol. The molecule has 1 aliphatic carbocycles. The van der Waals surface area contributed by atoms with E-state index in [-0.39, 0.29) is 17.7 Å². The van der Waals surface area contributed by atoms with E-state index in [1.807, 2.05) is 4.90 Å². The summed E-state index contributed by atoms with van der Waals surface area (Å²) in [5.41, 5.74) is 2.98. The van der Waals surface area contributed by atoms with E-state index in [4.69, 9.17) is 0 Å². The van der Waals surface area contributed by atoms with Gasteiger partial charge in [-0.15, -0.1) is 0 Å². The normalized spacial score (nSPS) is 18.2. The van der Waals surface area contributed by atoms with Gasteiger partial charge in [-0.2, -0.15) is 5.10 Å². The van der Waals surface area contributed by atoms with Crippen molar-refractivity contribution in [3.63, 3.8) is 0 Å². The average Bonchev–Trinajstić information content (AvgIpc) is 3.14. The number of benzene rings is 1. The van der Waals surface area contributed by atoms with Crippen LogP contribution in [0.4, 0.5) is 5.82 Å². The standard InChI is InChI=1S/C24H33N5O2/c1-18-7-6-8-19(15-18)17-28-11-13-29(14-12-28)24(31)21-16-22(27(2)26-21)25-23(30)20-9-4-3-5-10-20/h6-8,15-16,20H,3-5,9-14,17H2,1-2H3,(H,25,30). The number of rotatable bonds is 5. The number of hydrogen-bond acceptors (Lipinski definition) is 4. The monoisotopic (exact) mass is 423 g/mol. The molecule has 2 fully saturated rings. The molecule has 1 aromatic heterocycles. The van der Waals surface area contributed by atoms with Gasteiger partial charge < -0.3 is 10.2 Å². The fourth-order valence-electron chi connectivity index (χ4n) is 4.62. The maximum absolute atomic E-state index is 13.0. The molecule has 0 spiro atoms. The van der Waals surface area contributed by atoms with E-state index < -0.39 is 0 Å². The van der Waals surface area contributed by atoms with Crippen LogP contribution in [-0.2, 0) is 18.4 Å². The predicted molar refractivity (Wildman–Crippen MR) is 121 cm³/mol. The minimum absolute atomic E-state index is 0.0476. The Morgan fingerprint density at radius 1 is 1.06 bits per heavy atom. The first-order chi connectivity index (χ1) is 15.0. The van der Waals surface area contributed by atoms with Crippen LogP contribution in [0.1, 0.15) is 53.7 Å². The summed E-state index contributed by atoms with van der Waals surface area (Å²) in [7, 11) is 1.77. The maximum atomic E-state index is 13.0. The molecule has 0 unspecified atom stereocenters. The fourth-order valence-corrected chi connectivity index (χ4v) is 4.62. The summed E-state index contributed by atoms with van der Waals surface area (Å²) in [6.45, 7) is 6.08. The van der Waals surface area contributed by atoms with Crippen LogP contribution in [0.25, 0.3) is 0 Å². The first-order valence-corrected chi connectivity index (χ1v) is 11.4. The number of hydrogen-bond donors (Lipinski definition) is 1. The third kappa shape index (κ3) is 5.34. The van der Waals surface area contributed by atoms with E-state index in [1.54, 1.807) is 17.8 Å². The van der Waals surface area contributed by atoms with E-state index in [9.17, 15) is 9.59 Å². The van der Waals surface area contributed by atoms with Gasteiger partial charge in [-0.05, 0) is 25.3 Å². The van der Waals surface area contributed by atoms with Crippen molar-refractivity contribution in [1.82, 2.24) is 19.6 Å². The molecule has 2 amide bonds. The number of aryl methyl sites for hydroxylation is 2. The van der Waals surface area contributed by atoms with Gasteiger partial charge >= 0.3 is 0 Å². The van der Waals surface area contributed by atoms with Gasteiger partial charge in [0.15, 0.2) is 5.69 Å². The molecule has 2 aromatic rings. The highest BCUT2D eigenvalue weighted by molar-refractivity contribution is 5.96. The molecular weight excluding hydrogens is 390 g/mol. The summed E-state index contributed by atoms with van der Waals surface area (Å²) in [6, 6.07) is 10.3. The molecule has 1 saturated heterocycles. The Labute approximate surface area is 184 Å². The lowest BCUT2D eigenvalue weighted by Crippen LogP contribution is -2.48. The molecule has 0 radical (unpaired) electrons. The van der Waals surface area contributed by atoms with Gasteiger partial charge in [0.25, 0.3) is 5.91 Å². The van der Waals surface area contributed by atoms with Gasteiger partial charge in [0.2, 0.25) is 5.91 Å². The molecule has 166 valence electrons. The molecule has 2 heterocycles. The quantitative estimate of drug-likeness (QED) is 0.802. The Hall–Kier alpha value is -2.67. The molecule has 1 saturated carbocycles. The van der Waals surface area contributed by atoms with Crippen LogP contribution in [-0.4, -0.2) is 57.6 Å². The Kier molecular flexibility index (Phi) is 6.70. The Bertz CT molecular complexity index is 924. The number of piperazine rings is 1. The van der Waals surface area contributed by atoms with Crippen LogP contribution in [0.15, 0.2) is 30.3 Å². The van der Waals surface area contributed by atoms with Gasteiger partial charge in [0, 0.05) is 51.8 Å². The number of anilines is 1. The van der Waals surface area contributed by atoms with Crippen molar-refractivity contribution < 1.29 is 9.59 Å². The summed E-state index contributed by atoms with van der Waals surface area (Å²) in [5, 5.41) is 7.36. The molecule has 0 bridgehead atoms. The second-order valence-corrected chi connectivity index (χ2v) is 8.92. The lowest BCUT2D eigenvalue weighted by molar-refractivity contribution is -0.120. The van der Waals surface area contributed by atoms with Crippen molar-refractivity contribution in [1.29, 1.82) is 0 Å². The number of nitrogens with one attached hydrogen (secondary N) is 1. The van der Waals surface area contributed by atoms with Gasteiger partial charge in [-0.25, -0.2) is 0 Å². The SMILES string of the molecule is Cc1cccc(CN2CCN(C(=O)c3cc(NC(=O)C4CCCCC4)n(C)n3)CC2)c1. The van der Waals surface area contributed by atoms with Crippen LogP contribution in [0.3, 0.4) is 0 Å². The molecule has 4 rings (SSSR count). The zero-order chi connectivity index (χ0) is 21.8. The van der Waals surface area contributed by atoms with Gasteiger partial charge in [-0.1, -0.05) is 49.1 Å². The van der Waals surface area contributed by atoms with Crippen molar-refractivity contribution in [3.05, 3.63) is 47.2 Å². The zero-order valence-corrected chi connectivity index (χ0v) is 18.6. The lowest BCUT2D eigenvalue weighted by atomic mass is 9.89. The van der Waals surface area contributed by atoms with Gasteiger partial charge in [0.1, 0.15) is 5.82 Å². The number of carbonyl (C=O) groups is 2. The van der Waals surface area contributed by atoms with Crippen LogP contribution < -0.4 is 5.32 Å². The molecule has 2 aliphatic rings. The Morgan fingerprint density at radius 3 is 2.52 bits per heavy atom. The Balaban J connectivity index is 1.31. The maximum Gasteiger partial charge on any atom is 0.274 e. The lowest BCUT2D eigenvalue weighted by Gasteiger charge is -2.34. The van der Waals surface area contributed by atoms with Crippen molar-refractivity contribution in [3.8, 4) is 0 Å². The summed E-state index contributed by atoms with van der Waals surface area (Å²) in [4.78, 5) is 29.8. The second-order valence-electron chi connectivity index (χ2n) is 8.92. The third-order valence-corrected chi connectivity index (χ3v) is 6.47. The van der Waals surface area contributed by atoms with Crippen molar-refractivity contribution in [2.45, 2.75) is 45.6 Å². The van der Waals surface area contributed by atoms with E-state index in [0.29, 0.717) is 24.6 Å². The first kappa shape index (κ1) is 21.6. The van der Waals surface area contributed by atoms with Crippen LogP contribution >= 0.6 is 0 Å². The summed E-state index contributed by atoms with van der Waals surface area (Å²) in [6.07, 6.45) is 5.34. The molecule has 1 N–H and O–H groups in total. The molecule has 31 heavy (non-hydrogen) atoms. The molecule has 7 heteroatoms. The minimum atomic E-state index is -0.0658. The van der Waals surface area contributed by atoms with Crippen molar-refractivity contribution in [2.75, 3.05) is 31.5 Å². The fraction of sp³-hybridized carbons (Fsp3) is 0.542. The third-order valence-electron chi connectivity index (χ3n) is 6.47. The number of carbonyl (C=O) groups excluding carboxylic acids is 2. The van der Waals surface area contributed by atoms with Crippen molar-refractivity contribution in [2.24, 2.45) is 13.0 Å². The molecule has 0 atom stereocenters. The molecule has 1 aromatic carbocycles. The number of nitrogens with zero attached hydrogens (tertiary/aromatic N) is 4. The van der Waals surface area contributed by atoms with Crippen LogP contribution in [0, 0.1) is 12.8 Å². The topological polar surface area (TPSA) is 70.5 Å². The molecule has 1 aliphatic heterocycles. The van der Waals surface area contributed by atoms with E-state index >= 15 is 0 Å². The first-order valence-electron chi connectivity index (χ1n) is 11.4. The van der Waals surface area contributed by atoms with E-state index in [1.165, 1.54) is 17.5 Å². The van der Waals surface area contributed by atoms with Crippen LogP contribution in [0.2, 0.25) is 0 Å². The zero-order valence-electron chi connectivity index (χ0n) is 18.6. The minimum Gasteiger partial charge on any atom is -0.335 e. The summed E-state index contributed by atoms with van der Waals surface area (Å²) in [5.74, 6) is 0.650.